The normalized spacial score (nSPS) is 21.6. The van der Waals surface area contributed by atoms with Crippen molar-refractivity contribution in [1.29, 1.82) is 0 Å². The summed E-state index contributed by atoms with van der Waals surface area (Å²) in [5.41, 5.74) is 2.38. The van der Waals surface area contributed by atoms with Crippen molar-refractivity contribution in [3.8, 4) is 0 Å². The molecule has 5 rings (SSSR count). The van der Waals surface area contributed by atoms with Gasteiger partial charge in [0.2, 0.25) is 17.8 Å². The fourth-order valence-electron chi connectivity index (χ4n) is 4.82. The number of anilines is 1. The van der Waals surface area contributed by atoms with Crippen LogP contribution in [0.5, 0.6) is 0 Å². The van der Waals surface area contributed by atoms with Gasteiger partial charge in [0, 0.05) is 38.0 Å². The van der Waals surface area contributed by atoms with E-state index in [0.29, 0.717) is 36.9 Å². The first kappa shape index (κ1) is 20.6. The number of benzene rings is 1. The molecule has 3 aliphatic rings. The summed E-state index contributed by atoms with van der Waals surface area (Å²) in [7, 11) is 1.87. The van der Waals surface area contributed by atoms with E-state index in [0.717, 1.165) is 42.9 Å². The van der Waals surface area contributed by atoms with Crippen LogP contribution in [0.4, 0.5) is 5.95 Å². The maximum atomic E-state index is 13.2. The minimum absolute atomic E-state index is 0.166. The van der Waals surface area contributed by atoms with Crippen LogP contribution in [0.25, 0.3) is 0 Å². The summed E-state index contributed by atoms with van der Waals surface area (Å²) >= 11 is 0. The minimum Gasteiger partial charge on any atom is -0.350 e. The van der Waals surface area contributed by atoms with Crippen LogP contribution in [-0.4, -0.2) is 56.5 Å². The van der Waals surface area contributed by atoms with Crippen molar-refractivity contribution in [1.82, 2.24) is 30.3 Å². The van der Waals surface area contributed by atoms with Crippen LogP contribution >= 0.6 is 0 Å². The molecular formula is C22H27N7O3. The number of nitrogens with zero attached hydrogens (tertiary/aromatic N) is 4. The number of hydrogen-bond donors (Lipinski definition) is 3. The van der Waals surface area contributed by atoms with Crippen LogP contribution in [0.15, 0.2) is 18.2 Å². The Bertz CT molecular complexity index is 1070. The average Bonchev–Trinajstić information content (AvgIpc) is 3.33. The standard InChI is InChI=1S/C22H27N7O3/c1-28-22(26-19(27-28)13-7-9-23-10-8-13)24-11-14-3-2-4-15-12-29(21(32)18(14)15)16-5-6-17(30)25-20(16)31/h2-4,13,16,23H,5-12H2,1H3,(H,24,26,27)(H,25,30,31). The Hall–Kier alpha value is -3.27. The quantitative estimate of drug-likeness (QED) is 0.588. The average molecular weight is 438 g/mol. The molecule has 32 heavy (non-hydrogen) atoms. The second-order valence-electron chi connectivity index (χ2n) is 8.65. The topological polar surface area (TPSA) is 121 Å². The lowest BCUT2D eigenvalue weighted by molar-refractivity contribution is -0.136. The summed E-state index contributed by atoms with van der Waals surface area (Å²) in [5, 5.41) is 13.6. The number of imide groups is 1. The third-order valence-electron chi connectivity index (χ3n) is 6.56. The lowest BCUT2D eigenvalue weighted by Crippen LogP contribution is -2.52. The molecule has 10 heteroatoms. The molecular weight excluding hydrogens is 410 g/mol. The molecule has 0 spiro atoms. The van der Waals surface area contributed by atoms with Crippen molar-refractivity contribution in [2.75, 3.05) is 18.4 Å². The van der Waals surface area contributed by atoms with Crippen LogP contribution in [0.3, 0.4) is 0 Å². The number of piperidine rings is 2. The van der Waals surface area contributed by atoms with E-state index in [9.17, 15) is 14.4 Å². The van der Waals surface area contributed by atoms with Gasteiger partial charge >= 0.3 is 0 Å². The summed E-state index contributed by atoms with van der Waals surface area (Å²) in [6, 6.07) is 5.15. The molecule has 168 valence electrons. The molecule has 0 radical (unpaired) electrons. The summed E-state index contributed by atoms with van der Waals surface area (Å²) < 4.78 is 1.75. The molecule has 2 fully saturated rings. The Morgan fingerprint density at radius 2 is 1.97 bits per heavy atom. The van der Waals surface area contributed by atoms with Crippen molar-refractivity contribution in [3.63, 3.8) is 0 Å². The maximum absolute atomic E-state index is 13.2. The lowest BCUT2D eigenvalue weighted by Gasteiger charge is -2.29. The predicted octanol–water partition coefficient (Wildman–Crippen LogP) is 0.655. The fourth-order valence-corrected chi connectivity index (χ4v) is 4.82. The summed E-state index contributed by atoms with van der Waals surface area (Å²) in [6.45, 7) is 2.76. The molecule has 2 saturated heterocycles. The van der Waals surface area contributed by atoms with E-state index in [4.69, 9.17) is 4.98 Å². The fraction of sp³-hybridized carbons (Fsp3) is 0.500. The highest BCUT2D eigenvalue weighted by Gasteiger charge is 2.39. The number of carbonyl (C=O) groups is 3. The van der Waals surface area contributed by atoms with E-state index in [1.165, 1.54) is 0 Å². The van der Waals surface area contributed by atoms with Gasteiger partial charge in [0.25, 0.3) is 5.91 Å². The number of hydrogen-bond acceptors (Lipinski definition) is 7. The number of aromatic nitrogens is 3. The van der Waals surface area contributed by atoms with Gasteiger partial charge in [0.1, 0.15) is 6.04 Å². The summed E-state index contributed by atoms with van der Waals surface area (Å²) in [5.74, 6) is 1.04. The van der Waals surface area contributed by atoms with Gasteiger partial charge in [-0.1, -0.05) is 18.2 Å². The van der Waals surface area contributed by atoms with Gasteiger partial charge in [-0.25, -0.2) is 4.68 Å². The molecule has 1 unspecified atom stereocenters. The van der Waals surface area contributed by atoms with Crippen LogP contribution in [0, 0.1) is 0 Å². The molecule has 10 nitrogen and oxygen atoms in total. The van der Waals surface area contributed by atoms with Gasteiger partial charge in [0.05, 0.1) is 0 Å². The molecule has 3 N–H and O–H groups in total. The number of nitrogens with one attached hydrogen (secondary N) is 3. The Balaban J connectivity index is 1.31. The molecule has 0 bridgehead atoms. The maximum Gasteiger partial charge on any atom is 0.255 e. The third-order valence-corrected chi connectivity index (χ3v) is 6.56. The van der Waals surface area contributed by atoms with E-state index in [2.05, 4.69) is 21.0 Å². The Labute approximate surface area is 185 Å². The molecule has 3 aliphatic heterocycles. The first-order valence-electron chi connectivity index (χ1n) is 11.1. The number of carbonyl (C=O) groups excluding carboxylic acids is 3. The highest BCUT2D eigenvalue weighted by atomic mass is 16.2. The first-order valence-corrected chi connectivity index (χ1v) is 11.1. The van der Waals surface area contributed by atoms with Crippen molar-refractivity contribution in [2.45, 2.75) is 50.7 Å². The Kier molecular flexibility index (Phi) is 5.38. The van der Waals surface area contributed by atoms with Crippen molar-refractivity contribution in [3.05, 3.63) is 40.7 Å². The van der Waals surface area contributed by atoms with Crippen LogP contribution in [0.1, 0.15) is 58.9 Å². The smallest absolute Gasteiger partial charge is 0.255 e. The molecule has 1 aromatic carbocycles. The number of amides is 3. The number of rotatable bonds is 5. The van der Waals surface area contributed by atoms with Gasteiger partial charge in [-0.15, -0.1) is 0 Å². The third kappa shape index (κ3) is 3.75. The van der Waals surface area contributed by atoms with E-state index >= 15 is 0 Å². The van der Waals surface area contributed by atoms with Crippen LogP contribution < -0.4 is 16.0 Å². The van der Waals surface area contributed by atoms with Crippen LogP contribution in [-0.2, 0) is 29.7 Å². The van der Waals surface area contributed by atoms with Gasteiger partial charge < -0.3 is 15.5 Å². The highest BCUT2D eigenvalue weighted by molar-refractivity contribution is 6.06. The Morgan fingerprint density at radius 1 is 1.16 bits per heavy atom. The molecule has 1 aromatic heterocycles. The summed E-state index contributed by atoms with van der Waals surface area (Å²) in [4.78, 5) is 43.3. The van der Waals surface area contributed by atoms with E-state index < -0.39 is 11.9 Å². The van der Waals surface area contributed by atoms with Gasteiger partial charge in [0.15, 0.2) is 5.82 Å². The second-order valence-corrected chi connectivity index (χ2v) is 8.65. The van der Waals surface area contributed by atoms with Gasteiger partial charge in [-0.2, -0.15) is 10.1 Å². The molecule has 1 atom stereocenters. The lowest BCUT2D eigenvalue weighted by atomic mass is 9.98. The first-order chi connectivity index (χ1) is 15.5. The zero-order valence-corrected chi connectivity index (χ0v) is 18.1. The van der Waals surface area contributed by atoms with Gasteiger partial charge in [-0.05, 0) is 43.5 Å². The van der Waals surface area contributed by atoms with E-state index in [1.54, 1.807) is 9.58 Å². The summed E-state index contributed by atoms with van der Waals surface area (Å²) in [6.07, 6.45) is 2.66. The number of fused-ring (bicyclic) bond motifs is 1. The molecule has 0 saturated carbocycles. The second kappa shape index (κ2) is 8.34. The zero-order chi connectivity index (χ0) is 22.2. The molecule has 4 heterocycles. The SMILES string of the molecule is Cn1nc(C2CCNCC2)nc1NCc1cccc2c1C(=O)N(C1CCC(=O)NC1=O)C2. The van der Waals surface area contributed by atoms with E-state index in [-0.39, 0.29) is 18.2 Å². The Morgan fingerprint density at radius 3 is 2.75 bits per heavy atom. The zero-order valence-electron chi connectivity index (χ0n) is 18.1. The highest BCUT2D eigenvalue weighted by Crippen LogP contribution is 2.30. The molecule has 2 aromatic rings. The monoisotopic (exact) mass is 437 g/mol. The van der Waals surface area contributed by atoms with E-state index in [1.807, 2.05) is 25.2 Å². The largest absolute Gasteiger partial charge is 0.350 e. The minimum atomic E-state index is -0.611. The van der Waals surface area contributed by atoms with Crippen molar-refractivity contribution in [2.24, 2.45) is 7.05 Å². The predicted molar refractivity (Wildman–Crippen MR) is 116 cm³/mol. The van der Waals surface area contributed by atoms with Gasteiger partial charge in [-0.3, -0.25) is 19.7 Å². The molecule has 0 aliphatic carbocycles. The number of aryl methyl sites for hydroxylation is 1. The van der Waals surface area contributed by atoms with Crippen molar-refractivity contribution < 1.29 is 14.4 Å². The molecule has 3 amide bonds. The van der Waals surface area contributed by atoms with Crippen LogP contribution in [0.2, 0.25) is 0 Å². The van der Waals surface area contributed by atoms with Crippen molar-refractivity contribution >= 4 is 23.7 Å².